The molecule has 0 atom stereocenters. The van der Waals surface area contributed by atoms with Gasteiger partial charge in [-0.25, -0.2) is 8.42 Å². The molecule has 1 aromatic carbocycles. The first kappa shape index (κ1) is 18.2. The van der Waals surface area contributed by atoms with Crippen molar-refractivity contribution in [2.24, 2.45) is 5.92 Å². The fraction of sp³-hybridized carbons (Fsp3) is 0.571. The molecule has 0 amide bonds. The van der Waals surface area contributed by atoms with Gasteiger partial charge in [0.2, 0.25) is 10.0 Å². The molecule has 1 fully saturated rings. The van der Waals surface area contributed by atoms with Gasteiger partial charge >= 0.3 is 0 Å². The van der Waals surface area contributed by atoms with Crippen molar-refractivity contribution in [3.8, 4) is 5.75 Å². The van der Waals surface area contributed by atoms with Crippen LogP contribution in [0, 0.1) is 5.92 Å². The molecule has 120 valence electrons. The zero-order valence-corrected chi connectivity index (χ0v) is 14.2. The lowest BCUT2D eigenvalue weighted by molar-refractivity contribution is 0.270. The highest BCUT2D eigenvalue weighted by atomic mass is 35.5. The zero-order chi connectivity index (χ0) is 14.8. The van der Waals surface area contributed by atoms with Crippen molar-refractivity contribution in [1.29, 1.82) is 0 Å². The molecule has 0 aromatic heterocycles. The minimum absolute atomic E-state index is 0. The van der Waals surface area contributed by atoms with E-state index < -0.39 is 10.0 Å². The van der Waals surface area contributed by atoms with Crippen LogP contribution in [0.1, 0.15) is 13.8 Å². The highest BCUT2D eigenvalue weighted by Gasteiger charge is 2.31. The third kappa shape index (κ3) is 4.32. The number of nitrogens with zero attached hydrogens (tertiary/aromatic N) is 1. The lowest BCUT2D eigenvalue weighted by Gasteiger charge is -2.34. The molecule has 7 heteroatoms. The second-order valence-electron chi connectivity index (χ2n) is 5.51. The minimum Gasteiger partial charge on any atom is -0.493 e. The van der Waals surface area contributed by atoms with Gasteiger partial charge in [0, 0.05) is 26.2 Å². The smallest absolute Gasteiger partial charge is 0.243 e. The van der Waals surface area contributed by atoms with Gasteiger partial charge in [0.15, 0.2) is 0 Å². The molecule has 0 unspecified atom stereocenters. The molecule has 1 N–H and O–H groups in total. The average Bonchev–Trinajstić information content (AvgIpc) is 2.34. The number of nitrogens with one attached hydrogen (secondary N) is 1. The predicted molar refractivity (Wildman–Crippen MR) is 85.6 cm³/mol. The Kier molecular flexibility index (Phi) is 6.46. The third-order valence-corrected chi connectivity index (χ3v) is 5.28. The van der Waals surface area contributed by atoms with Gasteiger partial charge in [-0.15, -0.1) is 12.4 Å². The lowest BCUT2D eigenvalue weighted by Crippen LogP contribution is -2.57. The molecule has 0 spiro atoms. The van der Waals surface area contributed by atoms with Crippen molar-refractivity contribution in [2.45, 2.75) is 24.8 Å². The van der Waals surface area contributed by atoms with E-state index in [1.807, 2.05) is 0 Å². The molecule has 0 radical (unpaired) electrons. The van der Waals surface area contributed by atoms with Crippen molar-refractivity contribution in [3.63, 3.8) is 0 Å². The Morgan fingerprint density at radius 3 is 2.29 bits per heavy atom. The molecule has 0 saturated carbocycles. The highest BCUT2D eigenvalue weighted by molar-refractivity contribution is 7.89. The Morgan fingerprint density at radius 2 is 1.86 bits per heavy atom. The van der Waals surface area contributed by atoms with Gasteiger partial charge in [-0.1, -0.05) is 13.8 Å². The van der Waals surface area contributed by atoms with E-state index in [4.69, 9.17) is 4.74 Å². The summed E-state index contributed by atoms with van der Waals surface area (Å²) in [5.74, 6) is 1.14. The summed E-state index contributed by atoms with van der Waals surface area (Å²) >= 11 is 0. The molecule has 1 saturated heterocycles. The summed E-state index contributed by atoms with van der Waals surface area (Å²) in [6.07, 6.45) is 0. The van der Waals surface area contributed by atoms with Crippen LogP contribution in [0.4, 0.5) is 0 Å². The third-order valence-electron chi connectivity index (χ3n) is 3.36. The van der Waals surface area contributed by atoms with E-state index in [1.165, 1.54) is 4.31 Å². The number of benzene rings is 1. The normalized spacial score (nSPS) is 15.7. The SMILES string of the molecule is CC(C)COc1ccc(S(=O)(=O)N(C)C2CNC2)cc1.Cl. The van der Waals surface area contributed by atoms with E-state index in [2.05, 4.69) is 19.2 Å². The lowest BCUT2D eigenvalue weighted by atomic mass is 10.2. The molecule has 1 aliphatic heterocycles. The van der Waals surface area contributed by atoms with E-state index in [0.717, 1.165) is 0 Å². The first-order valence-electron chi connectivity index (χ1n) is 6.83. The standard InChI is InChI=1S/C14H22N2O3S.ClH/c1-11(2)10-19-13-4-6-14(7-5-13)20(17,18)16(3)12-8-15-9-12;/h4-7,11-12,15H,8-10H2,1-3H3;1H. The van der Waals surface area contributed by atoms with Gasteiger partial charge in [-0.2, -0.15) is 4.31 Å². The molecule has 1 aliphatic rings. The molecule has 0 aliphatic carbocycles. The van der Waals surface area contributed by atoms with Crippen molar-refractivity contribution in [3.05, 3.63) is 24.3 Å². The maximum Gasteiger partial charge on any atom is 0.243 e. The Bertz CT molecular complexity index is 542. The summed E-state index contributed by atoms with van der Waals surface area (Å²) < 4.78 is 31.8. The van der Waals surface area contributed by atoms with Crippen LogP contribution in [0.3, 0.4) is 0 Å². The van der Waals surface area contributed by atoms with Gasteiger partial charge in [-0.3, -0.25) is 0 Å². The number of sulfonamides is 1. The largest absolute Gasteiger partial charge is 0.493 e. The van der Waals surface area contributed by atoms with Crippen LogP contribution in [-0.4, -0.2) is 45.5 Å². The van der Waals surface area contributed by atoms with Crippen LogP contribution < -0.4 is 10.1 Å². The number of likely N-dealkylation sites (N-methyl/N-ethyl adjacent to an activating group) is 1. The molecule has 2 rings (SSSR count). The van der Waals surface area contributed by atoms with Gasteiger partial charge in [0.25, 0.3) is 0 Å². The molecule has 0 bridgehead atoms. The van der Waals surface area contributed by atoms with E-state index in [-0.39, 0.29) is 18.4 Å². The number of hydrogen-bond acceptors (Lipinski definition) is 4. The first-order valence-corrected chi connectivity index (χ1v) is 8.27. The number of hydrogen-bond donors (Lipinski definition) is 1. The van der Waals surface area contributed by atoms with Crippen LogP contribution in [0.25, 0.3) is 0 Å². The second-order valence-corrected chi connectivity index (χ2v) is 7.51. The van der Waals surface area contributed by atoms with Crippen molar-refractivity contribution < 1.29 is 13.2 Å². The highest BCUT2D eigenvalue weighted by Crippen LogP contribution is 2.21. The summed E-state index contributed by atoms with van der Waals surface area (Å²) in [7, 11) is -1.78. The van der Waals surface area contributed by atoms with Crippen molar-refractivity contribution in [2.75, 3.05) is 26.7 Å². The Balaban J connectivity index is 0.00000220. The van der Waals surface area contributed by atoms with E-state index in [9.17, 15) is 8.42 Å². The molecule has 1 heterocycles. The quantitative estimate of drug-likeness (QED) is 0.861. The zero-order valence-electron chi connectivity index (χ0n) is 12.6. The van der Waals surface area contributed by atoms with Crippen molar-refractivity contribution >= 4 is 22.4 Å². The maximum absolute atomic E-state index is 12.4. The van der Waals surface area contributed by atoms with Gasteiger partial charge in [0.1, 0.15) is 5.75 Å². The van der Waals surface area contributed by atoms with Crippen LogP contribution in [-0.2, 0) is 10.0 Å². The summed E-state index contributed by atoms with van der Waals surface area (Å²) in [5.41, 5.74) is 0. The van der Waals surface area contributed by atoms with E-state index >= 15 is 0 Å². The molecule has 5 nitrogen and oxygen atoms in total. The summed E-state index contributed by atoms with van der Waals surface area (Å²) in [4.78, 5) is 0.309. The average molecular weight is 335 g/mol. The minimum atomic E-state index is -3.41. The topological polar surface area (TPSA) is 58.6 Å². The number of rotatable bonds is 6. The summed E-state index contributed by atoms with van der Waals surface area (Å²) in [6, 6.07) is 6.68. The molecular formula is C14H23ClN2O3S. The van der Waals surface area contributed by atoms with E-state index in [1.54, 1.807) is 31.3 Å². The Hall–Kier alpha value is -0.820. The predicted octanol–water partition coefficient (Wildman–Crippen LogP) is 1.74. The van der Waals surface area contributed by atoms with Gasteiger partial charge < -0.3 is 10.1 Å². The first-order chi connectivity index (χ1) is 9.41. The fourth-order valence-electron chi connectivity index (χ4n) is 1.86. The van der Waals surface area contributed by atoms with Gasteiger partial charge in [-0.05, 0) is 30.2 Å². The van der Waals surface area contributed by atoms with Crippen LogP contribution in [0.15, 0.2) is 29.2 Å². The fourth-order valence-corrected chi connectivity index (χ4v) is 3.22. The summed E-state index contributed by atoms with van der Waals surface area (Å²) in [5, 5.41) is 3.08. The van der Waals surface area contributed by atoms with Crippen LogP contribution in [0.5, 0.6) is 5.75 Å². The Morgan fingerprint density at radius 1 is 1.29 bits per heavy atom. The van der Waals surface area contributed by atoms with Crippen LogP contribution >= 0.6 is 12.4 Å². The molecular weight excluding hydrogens is 312 g/mol. The number of ether oxygens (including phenoxy) is 1. The molecule has 21 heavy (non-hydrogen) atoms. The second kappa shape index (κ2) is 7.45. The maximum atomic E-state index is 12.4. The van der Waals surface area contributed by atoms with Crippen LogP contribution in [0.2, 0.25) is 0 Å². The van der Waals surface area contributed by atoms with Crippen molar-refractivity contribution in [1.82, 2.24) is 9.62 Å². The summed E-state index contributed by atoms with van der Waals surface area (Å²) in [6.45, 7) is 6.19. The molecule has 1 aromatic rings. The Labute approximate surface area is 133 Å². The number of halogens is 1. The van der Waals surface area contributed by atoms with E-state index in [0.29, 0.717) is 36.3 Å². The van der Waals surface area contributed by atoms with Gasteiger partial charge in [0.05, 0.1) is 11.5 Å². The monoisotopic (exact) mass is 334 g/mol.